The number of nitrogens with zero attached hydrogens (tertiary/aromatic N) is 2. The third kappa shape index (κ3) is 5.36. The molecule has 0 fully saturated rings. The van der Waals surface area contributed by atoms with Gasteiger partial charge in [0.2, 0.25) is 0 Å². The molecular formula is C56H36N2O. The molecule has 0 atom stereocenters. The first-order chi connectivity index (χ1) is 29.3. The maximum Gasteiger partial charge on any atom is 0.143 e. The van der Waals surface area contributed by atoms with Gasteiger partial charge in [-0.2, -0.15) is 0 Å². The summed E-state index contributed by atoms with van der Waals surface area (Å²) in [4.78, 5) is 2.41. The molecule has 59 heavy (non-hydrogen) atoms. The first-order valence-electron chi connectivity index (χ1n) is 20.2. The van der Waals surface area contributed by atoms with Crippen LogP contribution in [0.15, 0.2) is 223 Å². The normalized spacial score (nSPS) is 11.7. The fraction of sp³-hybridized carbons (Fsp3) is 0. The van der Waals surface area contributed by atoms with Gasteiger partial charge in [0.1, 0.15) is 11.2 Å². The fourth-order valence-corrected chi connectivity index (χ4v) is 9.23. The van der Waals surface area contributed by atoms with Crippen LogP contribution in [0.1, 0.15) is 0 Å². The molecule has 276 valence electrons. The van der Waals surface area contributed by atoms with E-state index < -0.39 is 0 Å². The summed E-state index contributed by atoms with van der Waals surface area (Å²) < 4.78 is 9.12. The van der Waals surface area contributed by atoms with Gasteiger partial charge in [-0.05, 0) is 99.6 Å². The summed E-state index contributed by atoms with van der Waals surface area (Å²) in [5, 5.41) is 9.43. The van der Waals surface area contributed by atoms with Gasteiger partial charge in [-0.25, -0.2) is 0 Å². The van der Waals surface area contributed by atoms with Crippen LogP contribution in [-0.2, 0) is 0 Å². The van der Waals surface area contributed by atoms with Crippen LogP contribution in [0.5, 0.6) is 0 Å². The van der Waals surface area contributed by atoms with Crippen LogP contribution < -0.4 is 4.90 Å². The van der Waals surface area contributed by atoms with E-state index in [1.165, 1.54) is 32.6 Å². The molecule has 0 saturated heterocycles. The average molecular weight is 753 g/mol. The first-order valence-corrected chi connectivity index (χ1v) is 20.2. The van der Waals surface area contributed by atoms with Gasteiger partial charge in [-0.1, -0.05) is 152 Å². The zero-order chi connectivity index (χ0) is 38.9. The van der Waals surface area contributed by atoms with E-state index in [0.717, 1.165) is 77.7 Å². The van der Waals surface area contributed by atoms with Crippen molar-refractivity contribution in [1.82, 2.24) is 4.57 Å². The van der Waals surface area contributed by atoms with Gasteiger partial charge in [0.15, 0.2) is 0 Å². The van der Waals surface area contributed by atoms with Crippen molar-refractivity contribution in [3.05, 3.63) is 218 Å². The van der Waals surface area contributed by atoms with Crippen LogP contribution in [0, 0.1) is 0 Å². The number of rotatable bonds is 6. The minimum absolute atomic E-state index is 0.862. The lowest BCUT2D eigenvalue weighted by Gasteiger charge is -2.28. The molecular weight excluding hydrogens is 717 g/mol. The number of aromatic nitrogens is 1. The maximum atomic E-state index is 6.73. The second-order valence-corrected chi connectivity index (χ2v) is 15.3. The Morgan fingerprint density at radius 3 is 1.81 bits per heavy atom. The number of furan rings is 1. The number of hydrogen-bond donors (Lipinski definition) is 0. The predicted octanol–water partition coefficient (Wildman–Crippen LogP) is 15.8. The molecule has 0 saturated carbocycles. The summed E-state index contributed by atoms with van der Waals surface area (Å²) in [6, 6.07) is 78.7. The zero-order valence-electron chi connectivity index (χ0n) is 32.1. The molecule has 2 heterocycles. The Kier molecular flexibility index (Phi) is 7.54. The molecule has 0 unspecified atom stereocenters. The van der Waals surface area contributed by atoms with E-state index >= 15 is 0 Å². The van der Waals surface area contributed by atoms with Gasteiger partial charge in [-0.3, -0.25) is 0 Å². The topological polar surface area (TPSA) is 21.3 Å². The maximum absolute atomic E-state index is 6.73. The number of benzene rings is 10. The second-order valence-electron chi connectivity index (χ2n) is 15.3. The lowest BCUT2D eigenvalue weighted by atomic mass is 9.98. The van der Waals surface area contributed by atoms with E-state index in [4.69, 9.17) is 4.42 Å². The Bertz CT molecular complexity index is 3520. The number of anilines is 3. The molecule has 0 aliphatic rings. The standard InChI is InChI=1S/C56H36N2O/c1-2-15-40-35-42(28-27-37(40)13-1)45-18-5-8-22-50(45)57(53-25-12-26-54-55(53)49-34-31-39-14-3-4-19-46(39)56(49)59-54)43-32-29-38(30-33-43)41-16-11-17-44(36-41)58-51-23-9-6-20-47(51)48-21-7-10-24-52(48)58/h1-36H. The van der Waals surface area contributed by atoms with Crippen molar-refractivity contribution in [2.24, 2.45) is 0 Å². The monoisotopic (exact) mass is 752 g/mol. The van der Waals surface area contributed by atoms with Crippen LogP contribution in [0.2, 0.25) is 0 Å². The van der Waals surface area contributed by atoms with E-state index in [1.54, 1.807) is 0 Å². The molecule has 3 heteroatoms. The van der Waals surface area contributed by atoms with Crippen molar-refractivity contribution in [2.45, 2.75) is 0 Å². The van der Waals surface area contributed by atoms with E-state index in [9.17, 15) is 0 Å². The highest BCUT2D eigenvalue weighted by atomic mass is 16.3. The Hall–Kier alpha value is -7.88. The Morgan fingerprint density at radius 2 is 1.00 bits per heavy atom. The van der Waals surface area contributed by atoms with Gasteiger partial charge in [0.05, 0.1) is 27.8 Å². The Balaban J connectivity index is 1.04. The van der Waals surface area contributed by atoms with Gasteiger partial charge in [0, 0.05) is 38.5 Å². The van der Waals surface area contributed by atoms with E-state index in [0.29, 0.717) is 0 Å². The van der Waals surface area contributed by atoms with E-state index in [2.05, 4.69) is 228 Å². The Labute approximate surface area is 341 Å². The van der Waals surface area contributed by atoms with Crippen molar-refractivity contribution < 1.29 is 4.42 Å². The summed E-state index contributed by atoms with van der Waals surface area (Å²) in [6.45, 7) is 0. The molecule has 3 nitrogen and oxygen atoms in total. The van der Waals surface area contributed by atoms with Gasteiger partial charge in [-0.15, -0.1) is 0 Å². The Morgan fingerprint density at radius 1 is 0.373 bits per heavy atom. The highest BCUT2D eigenvalue weighted by molar-refractivity contribution is 6.20. The molecule has 0 aliphatic carbocycles. The minimum atomic E-state index is 0.862. The van der Waals surface area contributed by atoms with Crippen molar-refractivity contribution in [2.75, 3.05) is 4.90 Å². The summed E-state index contributed by atoms with van der Waals surface area (Å²) in [6.07, 6.45) is 0. The molecule has 0 amide bonds. The molecule has 0 spiro atoms. The van der Waals surface area contributed by atoms with Crippen LogP contribution in [0.4, 0.5) is 17.1 Å². The lowest BCUT2D eigenvalue weighted by molar-refractivity contribution is 0.672. The van der Waals surface area contributed by atoms with Crippen LogP contribution in [-0.4, -0.2) is 4.57 Å². The van der Waals surface area contributed by atoms with Crippen molar-refractivity contribution in [3.8, 4) is 27.9 Å². The van der Waals surface area contributed by atoms with Crippen LogP contribution in [0.25, 0.3) is 93.2 Å². The third-order valence-corrected chi connectivity index (χ3v) is 12.0. The number of para-hydroxylation sites is 3. The number of fused-ring (bicyclic) bond motifs is 9. The fourth-order valence-electron chi connectivity index (χ4n) is 9.23. The minimum Gasteiger partial charge on any atom is -0.455 e. The van der Waals surface area contributed by atoms with E-state index in [1.807, 2.05) is 0 Å². The van der Waals surface area contributed by atoms with Gasteiger partial charge < -0.3 is 13.9 Å². The predicted molar refractivity (Wildman–Crippen MR) is 249 cm³/mol. The molecule has 0 aliphatic heterocycles. The molecule has 0 bridgehead atoms. The molecule has 12 aromatic rings. The molecule has 0 N–H and O–H groups in total. The quantitative estimate of drug-likeness (QED) is 0.169. The highest BCUT2D eigenvalue weighted by Gasteiger charge is 2.23. The van der Waals surface area contributed by atoms with Crippen molar-refractivity contribution in [1.29, 1.82) is 0 Å². The summed E-state index contributed by atoms with van der Waals surface area (Å²) >= 11 is 0. The van der Waals surface area contributed by atoms with Gasteiger partial charge in [0.25, 0.3) is 0 Å². The second kappa shape index (κ2) is 13.4. The molecule has 12 rings (SSSR count). The van der Waals surface area contributed by atoms with E-state index in [-0.39, 0.29) is 0 Å². The summed E-state index contributed by atoms with van der Waals surface area (Å²) in [7, 11) is 0. The molecule has 0 radical (unpaired) electrons. The number of hydrogen-bond acceptors (Lipinski definition) is 2. The van der Waals surface area contributed by atoms with Crippen molar-refractivity contribution >= 4 is 82.4 Å². The first kappa shape index (κ1) is 33.3. The molecule has 10 aromatic carbocycles. The molecule has 2 aromatic heterocycles. The van der Waals surface area contributed by atoms with Gasteiger partial charge >= 0.3 is 0 Å². The zero-order valence-corrected chi connectivity index (χ0v) is 32.1. The third-order valence-electron chi connectivity index (χ3n) is 12.0. The van der Waals surface area contributed by atoms with Crippen molar-refractivity contribution in [3.63, 3.8) is 0 Å². The SMILES string of the molecule is c1cc(-c2ccc(N(c3ccccc3-c3ccc4ccccc4c3)c3cccc4oc5c6ccccc6ccc5c34)cc2)cc(-n2c3ccccc3c3ccccc32)c1. The lowest BCUT2D eigenvalue weighted by Crippen LogP contribution is -2.11. The smallest absolute Gasteiger partial charge is 0.143 e. The summed E-state index contributed by atoms with van der Waals surface area (Å²) in [5.74, 6) is 0. The van der Waals surface area contributed by atoms with Crippen LogP contribution in [0.3, 0.4) is 0 Å². The highest BCUT2D eigenvalue weighted by Crippen LogP contribution is 2.47. The average Bonchev–Trinajstić information content (AvgIpc) is 3.86. The van der Waals surface area contributed by atoms with Crippen LogP contribution >= 0.6 is 0 Å². The summed E-state index contributed by atoms with van der Waals surface area (Å²) in [5.41, 5.74) is 13.2. The largest absolute Gasteiger partial charge is 0.455 e.